The molecule has 2 aromatic heterocycles. The largest absolute Gasteiger partial charge is 0.336 e. The van der Waals surface area contributed by atoms with Crippen molar-refractivity contribution in [1.82, 2.24) is 24.5 Å². The lowest BCUT2D eigenvalue weighted by Crippen LogP contribution is -2.16. The molecule has 0 aliphatic rings. The average Bonchev–Trinajstić information content (AvgIpc) is 2.73. The van der Waals surface area contributed by atoms with E-state index in [4.69, 9.17) is 5.73 Å². The molecule has 14 heavy (non-hydrogen) atoms. The summed E-state index contributed by atoms with van der Waals surface area (Å²) in [6.45, 7) is 0. The molecule has 0 saturated heterocycles. The van der Waals surface area contributed by atoms with E-state index in [1.54, 1.807) is 25.8 Å². The Kier molecular flexibility index (Phi) is 2.05. The van der Waals surface area contributed by atoms with Gasteiger partial charge in [0.2, 0.25) is 0 Å². The standard InChI is InChI=1S/C8H12N6/c1-13-5-10-4-7(13)8(9)6-3-11-14(2)12-6/h3-5,8H,9H2,1-2H3. The molecule has 0 aliphatic carbocycles. The van der Waals surface area contributed by atoms with Gasteiger partial charge in [-0.3, -0.25) is 0 Å². The van der Waals surface area contributed by atoms with Gasteiger partial charge in [0.25, 0.3) is 0 Å². The van der Waals surface area contributed by atoms with Gasteiger partial charge in [-0.15, -0.1) is 0 Å². The Labute approximate surface area is 81.4 Å². The molecular formula is C8H12N6. The second-order valence-corrected chi connectivity index (χ2v) is 3.17. The summed E-state index contributed by atoms with van der Waals surface area (Å²) in [7, 11) is 3.66. The first-order chi connectivity index (χ1) is 6.68. The molecule has 2 rings (SSSR count). The monoisotopic (exact) mass is 192 g/mol. The molecule has 0 bridgehead atoms. The zero-order valence-corrected chi connectivity index (χ0v) is 8.12. The molecule has 6 nitrogen and oxygen atoms in total. The summed E-state index contributed by atoms with van der Waals surface area (Å²) in [4.78, 5) is 5.49. The third-order valence-corrected chi connectivity index (χ3v) is 2.11. The normalized spacial score (nSPS) is 13.1. The van der Waals surface area contributed by atoms with Gasteiger partial charge in [-0.2, -0.15) is 15.0 Å². The van der Waals surface area contributed by atoms with Crippen molar-refractivity contribution in [2.45, 2.75) is 6.04 Å². The SMILES string of the molecule is Cn1ncc(C(N)c2cncn2C)n1. The lowest BCUT2D eigenvalue weighted by molar-refractivity contribution is 0.630. The van der Waals surface area contributed by atoms with Crippen LogP contribution >= 0.6 is 0 Å². The molecule has 0 spiro atoms. The molecule has 0 amide bonds. The Morgan fingerprint density at radius 2 is 2.14 bits per heavy atom. The summed E-state index contributed by atoms with van der Waals surface area (Å²) < 4.78 is 1.87. The summed E-state index contributed by atoms with van der Waals surface area (Å²) in [6, 6.07) is -0.267. The Morgan fingerprint density at radius 3 is 2.64 bits per heavy atom. The van der Waals surface area contributed by atoms with Gasteiger partial charge in [0.05, 0.1) is 30.5 Å². The van der Waals surface area contributed by atoms with E-state index in [9.17, 15) is 0 Å². The first-order valence-corrected chi connectivity index (χ1v) is 4.26. The van der Waals surface area contributed by atoms with Gasteiger partial charge in [0.1, 0.15) is 5.69 Å². The lowest BCUT2D eigenvalue weighted by atomic mass is 10.2. The predicted molar refractivity (Wildman–Crippen MR) is 50.2 cm³/mol. The van der Waals surface area contributed by atoms with E-state index in [1.807, 2.05) is 11.6 Å². The Morgan fingerprint density at radius 1 is 1.36 bits per heavy atom. The molecule has 0 aliphatic heterocycles. The van der Waals surface area contributed by atoms with Gasteiger partial charge >= 0.3 is 0 Å². The predicted octanol–water partition coefficient (Wildman–Crippen LogP) is -0.403. The first-order valence-electron chi connectivity index (χ1n) is 4.26. The summed E-state index contributed by atoms with van der Waals surface area (Å²) in [5.41, 5.74) is 7.67. The maximum absolute atomic E-state index is 6.00. The van der Waals surface area contributed by atoms with Crippen LogP contribution in [0, 0.1) is 0 Å². The van der Waals surface area contributed by atoms with Crippen LogP contribution in [-0.4, -0.2) is 24.5 Å². The zero-order chi connectivity index (χ0) is 10.1. The van der Waals surface area contributed by atoms with Crippen LogP contribution in [0.4, 0.5) is 0 Å². The number of hydrogen-bond acceptors (Lipinski definition) is 4. The van der Waals surface area contributed by atoms with Gasteiger partial charge < -0.3 is 10.3 Å². The molecule has 0 aromatic carbocycles. The van der Waals surface area contributed by atoms with E-state index < -0.39 is 0 Å². The summed E-state index contributed by atoms with van der Waals surface area (Å²) >= 11 is 0. The Hall–Kier alpha value is -1.69. The van der Waals surface area contributed by atoms with E-state index in [1.165, 1.54) is 4.80 Å². The molecule has 0 radical (unpaired) electrons. The van der Waals surface area contributed by atoms with Crippen LogP contribution in [0.2, 0.25) is 0 Å². The Balaban J connectivity index is 2.33. The average molecular weight is 192 g/mol. The summed E-state index contributed by atoms with van der Waals surface area (Å²) in [5.74, 6) is 0. The first kappa shape index (κ1) is 8.89. The van der Waals surface area contributed by atoms with Crippen molar-refractivity contribution in [3.63, 3.8) is 0 Å². The fourth-order valence-electron chi connectivity index (χ4n) is 1.32. The summed E-state index contributed by atoms with van der Waals surface area (Å²) in [6.07, 6.45) is 5.11. The minimum Gasteiger partial charge on any atom is -0.336 e. The van der Waals surface area contributed by atoms with Crippen LogP contribution < -0.4 is 5.73 Å². The highest BCUT2D eigenvalue weighted by Crippen LogP contribution is 2.14. The van der Waals surface area contributed by atoms with E-state index in [2.05, 4.69) is 15.2 Å². The van der Waals surface area contributed by atoms with E-state index in [-0.39, 0.29) is 6.04 Å². The van der Waals surface area contributed by atoms with Crippen LogP contribution in [0.25, 0.3) is 0 Å². The van der Waals surface area contributed by atoms with Gasteiger partial charge in [0, 0.05) is 14.1 Å². The molecule has 2 N–H and O–H groups in total. The van der Waals surface area contributed by atoms with Crippen LogP contribution in [0.3, 0.4) is 0 Å². The third kappa shape index (κ3) is 1.39. The van der Waals surface area contributed by atoms with Crippen molar-refractivity contribution in [2.75, 3.05) is 0 Å². The number of nitrogens with two attached hydrogens (primary N) is 1. The highest BCUT2D eigenvalue weighted by molar-refractivity contribution is 5.16. The van der Waals surface area contributed by atoms with Gasteiger partial charge in [-0.05, 0) is 0 Å². The van der Waals surface area contributed by atoms with Crippen molar-refractivity contribution in [3.05, 3.63) is 30.1 Å². The number of aromatic nitrogens is 5. The molecule has 74 valence electrons. The number of nitrogens with zero attached hydrogens (tertiary/aromatic N) is 5. The fraction of sp³-hybridized carbons (Fsp3) is 0.375. The topological polar surface area (TPSA) is 74.6 Å². The number of hydrogen-bond donors (Lipinski definition) is 1. The zero-order valence-electron chi connectivity index (χ0n) is 8.12. The highest BCUT2D eigenvalue weighted by Gasteiger charge is 2.15. The molecule has 0 saturated carbocycles. The van der Waals surface area contributed by atoms with Crippen LogP contribution in [0.5, 0.6) is 0 Å². The number of imidazole rings is 1. The molecule has 6 heteroatoms. The minimum atomic E-state index is -0.267. The van der Waals surface area contributed by atoms with Gasteiger partial charge in [0.15, 0.2) is 0 Å². The van der Waals surface area contributed by atoms with E-state index in [0.29, 0.717) is 0 Å². The molecule has 2 aromatic rings. The number of rotatable bonds is 2. The third-order valence-electron chi connectivity index (χ3n) is 2.11. The van der Waals surface area contributed by atoms with Crippen molar-refractivity contribution in [3.8, 4) is 0 Å². The molecule has 1 unspecified atom stereocenters. The van der Waals surface area contributed by atoms with Crippen molar-refractivity contribution in [1.29, 1.82) is 0 Å². The fourth-order valence-corrected chi connectivity index (χ4v) is 1.32. The van der Waals surface area contributed by atoms with Crippen LogP contribution in [-0.2, 0) is 14.1 Å². The maximum Gasteiger partial charge on any atom is 0.105 e. The highest BCUT2D eigenvalue weighted by atomic mass is 15.4. The Bertz CT molecular complexity index is 428. The second-order valence-electron chi connectivity index (χ2n) is 3.17. The maximum atomic E-state index is 6.00. The van der Waals surface area contributed by atoms with Gasteiger partial charge in [-0.25, -0.2) is 4.98 Å². The van der Waals surface area contributed by atoms with Gasteiger partial charge in [-0.1, -0.05) is 0 Å². The van der Waals surface area contributed by atoms with Crippen LogP contribution in [0.15, 0.2) is 18.7 Å². The van der Waals surface area contributed by atoms with Crippen LogP contribution in [0.1, 0.15) is 17.4 Å². The summed E-state index contributed by atoms with van der Waals surface area (Å²) in [5, 5.41) is 8.12. The van der Waals surface area contributed by atoms with Crippen molar-refractivity contribution < 1.29 is 0 Å². The molecule has 1 atom stereocenters. The molecular weight excluding hydrogens is 180 g/mol. The lowest BCUT2D eigenvalue weighted by Gasteiger charge is -2.07. The van der Waals surface area contributed by atoms with E-state index in [0.717, 1.165) is 11.4 Å². The number of aryl methyl sites for hydroxylation is 2. The smallest absolute Gasteiger partial charge is 0.105 e. The second kappa shape index (κ2) is 3.22. The minimum absolute atomic E-state index is 0.267. The molecule has 0 fully saturated rings. The molecule has 2 heterocycles. The van der Waals surface area contributed by atoms with Crippen molar-refractivity contribution >= 4 is 0 Å². The quantitative estimate of drug-likeness (QED) is 0.702. The van der Waals surface area contributed by atoms with E-state index >= 15 is 0 Å². The van der Waals surface area contributed by atoms with Crippen molar-refractivity contribution in [2.24, 2.45) is 19.8 Å².